The van der Waals surface area contributed by atoms with E-state index in [9.17, 15) is 18.0 Å². The molecule has 0 saturated heterocycles. The highest BCUT2D eigenvalue weighted by atomic mass is 127. The largest absolute Gasteiger partial charge is 0.574 e. The van der Waals surface area contributed by atoms with Crippen LogP contribution in [0.15, 0.2) is 6.07 Å². The van der Waals surface area contributed by atoms with Crippen molar-refractivity contribution >= 4 is 44.5 Å². The van der Waals surface area contributed by atoms with Crippen LogP contribution in [0.4, 0.5) is 13.2 Å². The highest BCUT2D eigenvalue weighted by Crippen LogP contribution is 2.29. The van der Waals surface area contributed by atoms with Gasteiger partial charge < -0.3 is 9.47 Å². The van der Waals surface area contributed by atoms with Crippen molar-refractivity contribution in [3.8, 4) is 5.88 Å². The van der Waals surface area contributed by atoms with Crippen LogP contribution in [0.2, 0.25) is 0 Å². The van der Waals surface area contributed by atoms with E-state index in [1.54, 1.807) is 28.7 Å². The zero-order valence-corrected chi connectivity index (χ0v) is 13.3. The van der Waals surface area contributed by atoms with Crippen LogP contribution in [0.25, 0.3) is 0 Å². The van der Waals surface area contributed by atoms with Crippen LogP contribution in [0, 0.1) is 3.70 Å². The number of carbonyl (C=O) groups excluding carboxylic acids is 1. The maximum Gasteiger partial charge on any atom is 0.574 e. The smallest absolute Gasteiger partial charge is 0.469 e. The van der Waals surface area contributed by atoms with Crippen LogP contribution in [0.1, 0.15) is 11.1 Å². The lowest BCUT2D eigenvalue weighted by Crippen LogP contribution is -2.21. The average Bonchev–Trinajstić information content (AvgIpc) is 2.29. The van der Waals surface area contributed by atoms with Crippen LogP contribution in [0.5, 0.6) is 5.88 Å². The molecule has 0 N–H and O–H groups in total. The van der Waals surface area contributed by atoms with Gasteiger partial charge in [-0.3, -0.25) is 4.79 Å². The number of nitrogens with zero attached hydrogens (tertiary/aromatic N) is 1. The molecule has 9 heteroatoms. The molecule has 0 atom stereocenters. The summed E-state index contributed by atoms with van der Waals surface area (Å²) >= 11 is 4.92. The molecule has 0 saturated carbocycles. The monoisotopic (exact) mass is 453 g/mol. The molecular formula is C10H8BrF3INO3. The molecule has 106 valence electrons. The summed E-state index contributed by atoms with van der Waals surface area (Å²) in [6, 6.07) is 1.57. The molecule has 1 aromatic heterocycles. The fourth-order valence-corrected chi connectivity index (χ4v) is 2.38. The van der Waals surface area contributed by atoms with Gasteiger partial charge in [-0.05, 0) is 34.2 Å². The number of hydrogen-bond acceptors (Lipinski definition) is 4. The van der Waals surface area contributed by atoms with Gasteiger partial charge in [0.05, 0.1) is 13.5 Å². The summed E-state index contributed by atoms with van der Waals surface area (Å²) in [5.41, 5.74) is 0.547. The van der Waals surface area contributed by atoms with Gasteiger partial charge in [0.1, 0.15) is 3.70 Å². The Kier molecular flexibility index (Phi) is 5.83. The van der Waals surface area contributed by atoms with Gasteiger partial charge in [0.2, 0.25) is 5.88 Å². The number of alkyl halides is 4. The standard InChI is InChI=1S/C10H8BrF3INO3/c1-18-8(17)3-6-5(4-11)2-7(15)16-9(6)19-10(12,13)14/h2H,3-4H2,1H3. The maximum atomic E-state index is 12.3. The van der Waals surface area contributed by atoms with Crippen molar-refractivity contribution in [3.05, 3.63) is 20.9 Å². The number of carbonyl (C=O) groups is 1. The molecular weight excluding hydrogens is 446 g/mol. The van der Waals surface area contributed by atoms with Gasteiger partial charge in [0.15, 0.2) is 0 Å². The van der Waals surface area contributed by atoms with E-state index in [-0.39, 0.29) is 17.3 Å². The quantitative estimate of drug-likeness (QED) is 0.304. The van der Waals surface area contributed by atoms with Crippen molar-refractivity contribution in [2.24, 2.45) is 0 Å². The lowest BCUT2D eigenvalue weighted by Gasteiger charge is -2.14. The second-order valence-corrected chi connectivity index (χ2v) is 4.99. The molecule has 0 aliphatic carbocycles. The lowest BCUT2D eigenvalue weighted by molar-refractivity contribution is -0.276. The summed E-state index contributed by atoms with van der Waals surface area (Å²) in [5, 5.41) is 0.270. The Balaban J connectivity index is 3.25. The van der Waals surface area contributed by atoms with E-state index in [0.29, 0.717) is 9.26 Å². The van der Waals surface area contributed by atoms with E-state index in [1.807, 2.05) is 0 Å². The Morgan fingerprint density at radius 1 is 1.53 bits per heavy atom. The molecule has 1 aromatic rings. The Hall–Kier alpha value is -0.580. The molecule has 0 bridgehead atoms. The van der Waals surface area contributed by atoms with Crippen molar-refractivity contribution in [1.29, 1.82) is 0 Å². The summed E-state index contributed by atoms with van der Waals surface area (Å²) in [7, 11) is 1.15. The summed E-state index contributed by atoms with van der Waals surface area (Å²) in [5.74, 6) is -1.29. The van der Waals surface area contributed by atoms with Gasteiger partial charge in [0, 0.05) is 10.9 Å². The third-order valence-corrected chi connectivity index (χ3v) is 3.21. The maximum absolute atomic E-state index is 12.3. The summed E-state index contributed by atoms with van der Waals surface area (Å²) in [6.07, 6.45) is -5.21. The Morgan fingerprint density at radius 3 is 2.63 bits per heavy atom. The van der Waals surface area contributed by atoms with E-state index in [2.05, 4.69) is 30.4 Å². The number of methoxy groups -OCH3 is 1. The van der Waals surface area contributed by atoms with Crippen molar-refractivity contribution in [2.45, 2.75) is 18.1 Å². The topological polar surface area (TPSA) is 48.4 Å². The third kappa shape index (κ3) is 5.13. The van der Waals surface area contributed by atoms with Crippen molar-refractivity contribution in [2.75, 3.05) is 7.11 Å². The lowest BCUT2D eigenvalue weighted by atomic mass is 10.1. The van der Waals surface area contributed by atoms with E-state index >= 15 is 0 Å². The molecule has 0 amide bonds. The summed E-state index contributed by atoms with van der Waals surface area (Å²) < 4.78 is 45.6. The zero-order chi connectivity index (χ0) is 14.6. The van der Waals surface area contributed by atoms with Crippen LogP contribution >= 0.6 is 38.5 Å². The molecule has 0 aliphatic heterocycles. The summed E-state index contributed by atoms with van der Waals surface area (Å²) in [4.78, 5) is 14.9. The number of aromatic nitrogens is 1. The fraction of sp³-hybridized carbons (Fsp3) is 0.400. The minimum absolute atomic E-state index is 0.0569. The van der Waals surface area contributed by atoms with E-state index in [4.69, 9.17) is 0 Å². The summed E-state index contributed by atoms with van der Waals surface area (Å²) in [6.45, 7) is 0. The molecule has 4 nitrogen and oxygen atoms in total. The van der Waals surface area contributed by atoms with E-state index < -0.39 is 18.2 Å². The molecule has 19 heavy (non-hydrogen) atoms. The second kappa shape index (κ2) is 6.73. The molecule has 0 unspecified atom stereocenters. The highest BCUT2D eigenvalue weighted by molar-refractivity contribution is 14.1. The van der Waals surface area contributed by atoms with E-state index in [1.165, 1.54) is 0 Å². The Bertz CT molecular complexity index is 482. The van der Waals surface area contributed by atoms with Gasteiger partial charge >= 0.3 is 12.3 Å². The first kappa shape index (κ1) is 16.5. The molecule has 0 aromatic carbocycles. The minimum Gasteiger partial charge on any atom is -0.469 e. The van der Waals surface area contributed by atoms with Gasteiger partial charge in [-0.15, -0.1) is 13.2 Å². The molecule has 0 aliphatic rings. The molecule has 1 heterocycles. The molecule has 1 rings (SSSR count). The third-order valence-electron chi connectivity index (χ3n) is 2.05. The second-order valence-electron chi connectivity index (χ2n) is 3.32. The fourth-order valence-electron chi connectivity index (χ4n) is 1.28. The number of esters is 1. The van der Waals surface area contributed by atoms with Gasteiger partial charge in [-0.25, -0.2) is 4.98 Å². The van der Waals surface area contributed by atoms with Crippen molar-refractivity contribution in [3.63, 3.8) is 0 Å². The SMILES string of the molecule is COC(=O)Cc1c(CBr)cc(I)nc1OC(F)(F)F. The molecule has 0 radical (unpaired) electrons. The molecule has 0 fully saturated rings. The van der Waals surface area contributed by atoms with Crippen molar-refractivity contribution in [1.82, 2.24) is 4.98 Å². The zero-order valence-electron chi connectivity index (χ0n) is 9.55. The van der Waals surface area contributed by atoms with E-state index in [0.717, 1.165) is 7.11 Å². The van der Waals surface area contributed by atoms with Gasteiger partial charge in [-0.2, -0.15) is 0 Å². The van der Waals surface area contributed by atoms with Crippen molar-refractivity contribution < 1.29 is 27.4 Å². The average molecular weight is 454 g/mol. The van der Waals surface area contributed by atoms with Gasteiger partial charge in [-0.1, -0.05) is 15.9 Å². The number of rotatable bonds is 4. The first-order chi connectivity index (χ1) is 8.76. The number of pyridine rings is 1. The normalized spacial score (nSPS) is 11.3. The number of halogens is 5. The predicted octanol–water partition coefficient (Wildman–Crippen LogP) is 3.20. The number of hydrogen-bond donors (Lipinski definition) is 0. The Labute approximate surface area is 128 Å². The van der Waals surface area contributed by atoms with Crippen LogP contribution in [0.3, 0.4) is 0 Å². The van der Waals surface area contributed by atoms with Crippen LogP contribution in [-0.2, 0) is 21.3 Å². The number of ether oxygens (including phenoxy) is 2. The first-order valence-electron chi connectivity index (χ1n) is 4.83. The van der Waals surface area contributed by atoms with Gasteiger partial charge in [0.25, 0.3) is 0 Å². The van der Waals surface area contributed by atoms with Crippen LogP contribution in [-0.4, -0.2) is 24.4 Å². The van der Waals surface area contributed by atoms with Crippen LogP contribution < -0.4 is 4.74 Å². The predicted molar refractivity (Wildman–Crippen MR) is 72.0 cm³/mol. The minimum atomic E-state index is -4.87. The Morgan fingerprint density at radius 2 is 2.16 bits per heavy atom. The highest BCUT2D eigenvalue weighted by Gasteiger charge is 2.34. The molecule has 0 spiro atoms. The first-order valence-corrected chi connectivity index (χ1v) is 7.03.